The second kappa shape index (κ2) is 6.17. The summed E-state index contributed by atoms with van der Waals surface area (Å²) in [5, 5.41) is 1.09. The van der Waals surface area contributed by atoms with E-state index >= 15 is 0 Å². The number of nitrogens with zero attached hydrogens (tertiary/aromatic N) is 1. The Balaban J connectivity index is 1.95. The van der Waals surface area contributed by atoms with E-state index in [-0.39, 0.29) is 0 Å². The van der Waals surface area contributed by atoms with Crippen molar-refractivity contribution in [3.8, 4) is 5.75 Å². The minimum absolute atomic E-state index is 0.564. The minimum Gasteiger partial charge on any atom is -0.493 e. The van der Waals surface area contributed by atoms with Crippen molar-refractivity contribution >= 4 is 11.3 Å². The number of hydrogen-bond donors (Lipinski definition) is 1. The Morgan fingerprint density at radius 2 is 2.05 bits per heavy atom. The Kier molecular flexibility index (Phi) is 4.56. The van der Waals surface area contributed by atoms with E-state index in [0.717, 1.165) is 22.1 Å². The van der Waals surface area contributed by atoms with Gasteiger partial charge in [-0.15, -0.1) is 11.3 Å². The predicted molar refractivity (Wildman–Crippen MR) is 79.9 cm³/mol. The van der Waals surface area contributed by atoms with E-state index in [1.54, 1.807) is 11.3 Å². The fourth-order valence-corrected chi connectivity index (χ4v) is 2.74. The average molecular weight is 276 g/mol. The van der Waals surface area contributed by atoms with E-state index in [2.05, 4.69) is 37.9 Å². The molecule has 0 amide bonds. The zero-order valence-corrected chi connectivity index (χ0v) is 12.5. The molecule has 0 radical (unpaired) electrons. The van der Waals surface area contributed by atoms with Crippen LogP contribution < -0.4 is 10.5 Å². The van der Waals surface area contributed by atoms with Crippen molar-refractivity contribution < 1.29 is 4.74 Å². The molecule has 1 aromatic carbocycles. The van der Waals surface area contributed by atoms with Crippen LogP contribution in [0.4, 0.5) is 0 Å². The molecule has 0 saturated carbocycles. The molecule has 0 aliphatic carbocycles. The first-order valence-corrected chi connectivity index (χ1v) is 7.26. The SMILES string of the molecule is Cc1cc(C)c(C)c(OCCc2ncc(CN)s2)c1. The summed E-state index contributed by atoms with van der Waals surface area (Å²) >= 11 is 1.66. The first-order chi connectivity index (χ1) is 9.10. The highest BCUT2D eigenvalue weighted by Crippen LogP contribution is 2.23. The van der Waals surface area contributed by atoms with Crippen molar-refractivity contribution in [2.75, 3.05) is 6.61 Å². The number of aryl methyl sites for hydroxylation is 2. The van der Waals surface area contributed by atoms with Gasteiger partial charge in [0.15, 0.2) is 0 Å². The fraction of sp³-hybridized carbons (Fsp3) is 0.400. The third-order valence-electron chi connectivity index (χ3n) is 3.14. The van der Waals surface area contributed by atoms with E-state index in [1.165, 1.54) is 16.7 Å². The predicted octanol–water partition coefficient (Wildman–Crippen LogP) is 3.15. The third kappa shape index (κ3) is 3.55. The van der Waals surface area contributed by atoms with Crippen molar-refractivity contribution in [1.29, 1.82) is 0 Å². The van der Waals surface area contributed by atoms with Crippen LogP contribution in [-0.4, -0.2) is 11.6 Å². The van der Waals surface area contributed by atoms with E-state index < -0.39 is 0 Å². The Morgan fingerprint density at radius 1 is 1.26 bits per heavy atom. The molecule has 102 valence electrons. The maximum absolute atomic E-state index is 5.88. The lowest BCUT2D eigenvalue weighted by molar-refractivity contribution is 0.319. The van der Waals surface area contributed by atoms with Crippen LogP contribution in [0.1, 0.15) is 26.6 Å². The third-order valence-corrected chi connectivity index (χ3v) is 4.22. The van der Waals surface area contributed by atoms with Gasteiger partial charge in [0.25, 0.3) is 0 Å². The second-order valence-corrected chi connectivity index (χ2v) is 5.93. The van der Waals surface area contributed by atoms with E-state index in [4.69, 9.17) is 10.5 Å². The lowest BCUT2D eigenvalue weighted by atomic mass is 10.1. The molecule has 0 atom stereocenters. The summed E-state index contributed by atoms with van der Waals surface area (Å²) in [7, 11) is 0. The van der Waals surface area contributed by atoms with Crippen LogP contribution in [0, 0.1) is 20.8 Å². The van der Waals surface area contributed by atoms with Gasteiger partial charge >= 0.3 is 0 Å². The Labute approximate surface area is 118 Å². The molecular formula is C15H20N2OS. The molecule has 2 N–H and O–H groups in total. The van der Waals surface area contributed by atoms with Crippen LogP contribution >= 0.6 is 11.3 Å². The Morgan fingerprint density at radius 3 is 2.74 bits per heavy atom. The van der Waals surface area contributed by atoms with Gasteiger partial charge in [0.05, 0.1) is 11.6 Å². The van der Waals surface area contributed by atoms with Gasteiger partial charge in [-0.2, -0.15) is 0 Å². The van der Waals surface area contributed by atoms with Gasteiger partial charge in [-0.05, 0) is 43.5 Å². The Bertz CT molecular complexity index is 563. The van der Waals surface area contributed by atoms with Crippen LogP contribution in [0.15, 0.2) is 18.3 Å². The van der Waals surface area contributed by atoms with Crippen molar-refractivity contribution in [1.82, 2.24) is 4.98 Å². The molecule has 19 heavy (non-hydrogen) atoms. The fourth-order valence-electron chi connectivity index (χ4n) is 1.96. The summed E-state index contributed by atoms with van der Waals surface area (Å²) in [4.78, 5) is 5.46. The monoisotopic (exact) mass is 276 g/mol. The van der Waals surface area contributed by atoms with Crippen molar-refractivity contribution in [3.05, 3.63) is 44.9 Å². The largest absolute Gasteiger partial charge is 0.493 e. The zero-order chi connectivity index (χ0) is 13.8. The highest BCUT2D eigenvalue weighted by Gasteiger charge is 2.05. The van der Waals surface area contributed by atoms with Gasteiger partial charge < -0.3 is 10.5 Å². The number of ether oxygens (including phenoxy) is 1. The molecule has 2 aromatic rings. The number of thiazole rings is 1. The van der Waals surface area contributed by atoms with Gasteiger partial charge in [-0.3, -0.25) is 0 Å². The molecule has 0 bridgehead atoms. The summed E-state index contributed by atoms with van der Waals surface area (Å²) in [5.74, 6) is 0.980. The molecule has 0 spiro atoms. The van der Waals surface area contributed by atoms with Gasteiger partial charge in [0.2, 0.25) is 0 Å². The molecular weight excluding hydrogens is 256 g/mol. The van der Waals surface area contributed by atoms with Crippen LogP contribution in [0.5, 0.6) is 5.75 Å². The molecule has 0 unspecified atom stereocenters. The summed E-state index contributed by atoms with van der Waals surface area (Å²) < 4.78 is 5.88. The highest BCUT2D eigenvalue weighted by molar-refractivity contribution is 7.11. The second-order valence-electron chi connectivity index (χ2n) is 4.73. The molecule has 0 fully saturated rings. The molecule has 3 nitrogen and oxygen atoms in total. The summed E-state index contributed by atoms with van der Waals surface area (Å²) in [6.45, 7) is 7.52. The number of hydrogen-bond acceptors (Lipinski definition) is 4. The van der Waals surface area contributed by atoms with Crippen LogP contribution in [0.2, 0.25) is 0 Å². The summed E-state index contributed by atoms with van der Waals surface area (Å²) in [5.41, 5.74) is 9.30. The molecule has 1 aromatic heterocycles. The van der Waals surface area contributed by atoms with Crippen LogP contribution in [-0.2, 0) is 13.0 Å². The van der Waals surface area contributed by atoms with Crippen molar-refractivity contribution in [2.45, 2.75) is 33.7 Å². The van der Waals surface area contributed by atoms with Crippen LogP contribution in [0.3, 0.4) is 0 Å². The Hall–Kier alpha value is -1.39. The molecule has 2 rings (SSSR count). The lowest BCUT2D eigenvalue weighted by Gasteiger charge is -2.11. The number of benzene rings is 1. The first kappa shape index (κ1) is 14.0. The first-order valence-electron chi connectivity index (χ1n) is 6.44. The maximum Gasteiger partial charge on any atom is 0.122 e. The summed E-state index contributed by atoms with van der Waals surface area (Å²) in [6, 6.07) is 4.27. The number of aromatic nitrogens is 1. The minimum atomic E-state index is 0.564. The van der Waals surface area contributed by atoms with Gasteiger partial charge in [0, 0.05) is 24.0 Å². The molecule has 4 heteroatoms. The van der Waals surface area contributed by atoms with Gasteiger partial charge in [0.1, 0.15) is 5.75 Å². The maximum atomic E-state index is 5.88. The van der Waals surface area contributed by atoms with Gasteiger partial charge in [-0.1, -0.05) is 6.07 Å². The summed E-state index contributed by atoms with van der Waals surface area (Å²) in [6.07, 6.45) is 2.68. The van der Waals surface area contributed by atoms with Gasteiger partial charge in [-0.25, -0.2) is 4.98 Å². The molecule has 0 aliphatic heterocycles. The standard InChI is InChI=1S/C15H20N2OS/c1-10-6-11(2)12(3)14(7-10)18-5-4-15-17-9-13(8-16)19-15/h6-7,9H,4-5,8,16H2,1-3H3. The van der Waals surface area contributed by atoms with Crippen molar-refractivity contribution in [2.24, 2.45) is 5.73 Å². The van der Waals surface area contributed by atoms with E-state index in [9.17, 15) is 0 Å². The van der Waals surface area contributed by atoms with Crippen molar-refractivity contribution in [3.63, 3.8) is 0 Å². The van der Waals surface area contributed by atoms with E-state index in [0.29, 0.717) is 13.2 Å². The molecule has 0 saturated heterocycles. The smallest absolute Gasteiger partial charge is 0.122 e. The molecule has 1 heterocycles. The average Bonchev–Trinajstić information content (AvgIpc) is 2.83. The van der Waals surface area contributed by atoms with Crippen LogP contribution in [0.25, 0.3) is 0 Å². The highest BCUT2D eigenvalue weighted by atomic mass is 32.1. The molecule has 0 aliphatic rings. The van der Waals surface area contributed by atoms with E-state index in [1.807, 2.05) is 6.20 Å². The lowest BCUT2D eigenvalue weighted by Crippen LogP contribution is -2.03. The topological polar surface area (TPSA) is 48.1 Å². The quantitative estimate of drug-likeness (QED) is 0.912. The normalized spacial score (nSPS) is 10.7. The number of nitrogens with two attached hydrogens (primary N) is 1. The zero-order valence-electron chi connectivity index (χ0n) is 11.7. The number of rotatable bonds is 5.